The van der Waals surface area contributed by atoms with Crippen LogP contribution in [0.5, 0.6) is 0 Å². The average Bonchev–Trinajstić information content (AvgIpc) is 3.23. The minimum atomic E-state index is -0.798. The summed E-state index contributed by atoms with van der Waals surface area (Å²) in [6, 6.07) is 2.91. The molecular formula is C19H23N5O2S. The lowest BCUT2D eigenvalue weighted by molar-refractivity contribution is -0.126. The third-order valence-electron chi connectivity index (χ3n) is 4.68. The maximum Gasteiger partial charge on any atom is 0.276 e. The van der Waals surface area contributed by atoms with E-state index in [0.717, 1.165) is 37.2 Å². The molecule has 8 heteroatoms. The zero-order chi connectivity index (χ0) is 19.1. The highest BCUT2D eigenvalue weighted by Gasteiger charge is 2.33. The maximum atomic E-state index is 13.2. The molecule has 7 nitrogen and oxygen atoms in total. The van der Waals surface area contributed by atoms with Crippen molar-refractivity contribution >= 4 is 23.3 Å². The Kier molecular flexibility index (Phi) is 6.64. The van der Waals surface area contributed by atoms with Crippen molar-refractivity contribution in [1.29, 1.82) is 0 Å². The Labute approximate surface area is 162 Å². The molecule has 0 aliphatic heterocycles. The molecule has 3 rings (SSSR count). The van der Waals surface area contributed by atoms with Crippen LogP contribution in [0.4, 0.5) is 0 Å². The van der Waals surface area contributed by atoms with Gasteiger partial charge in [-0.25, -0.2) is 0 Å². The quantitative estimate of drug-likeness (QED) is 0.741. The molecule has 1 N–H and O–H groups in total. The number of nitrogens with one attached hydrogen (secondary N) is 1. The van der Waals surface area contributed by atoms with E-state index in [0.29, 0.717) is 5.56 Å². The number of carbonyl (C=O) groups excluding carboxylic acids is 2. The molecule has 2 aromatic rings. The van der Waals surface area contributed by atoms with Gasteiger partial charge in [-0.1, -0.05) is 35.9 Å². The first-order valence-corrected chi connectivity index (χ1v) is 9.93. The number of hydrogen-bond donors (Lipinski definition) is 1. The summed E-state index contributed by atoms with van der Waals surface area (Å²) < 4.78 is 3.76. The first kappa shape index (κ1) is 19.2. The summed E-state index contributed by atoms with van der Waals surface area (Å²) in [7, 11) is 0. The van der Waals surface area contributed by atoms with Gasteiger partial charge in [0.05, 0.1) is 0 Å². The lowest BCUT2D eigenvalue weighted by atomic mass is 9.95. The second-order valence-electron chi connectivity index (χ2n) is 6.57. The van der Waals surface area contributed by atoms with E-state index in [1.54, 1.807) is 36.0 Å². The van der Waals surface area contributed by atoms with Crippen LogP contribution in [0.3, 0.4) is 0 Å². The first-order valence-electron chi connectivity index (χ1n) is 9.10. The van der Waals surface area contributed by atoms with E-state index in [2.05, 4.69) is 26.5 Å². The predicted octanol–water partition coefficient (Wildman–Crippen LogP) is 2.75. The van der Waals surface area contributed by atoms with Gasteiger partial charge in [0.25, 0.3) is 5.91 Å². The van der Waals surface area contributed by atoms with E-state index in [-0.39, 0.29) is 30.1 Å². The van der Waals surface area contributed by atoms with Gasteiger partial charge in [-0.3, -0.25) is 14.6 Å². The molecule has 1 atom stereocenters. The van der Waals surface area contributed by atoms with E-state index >= 15 is 0 Å². The van der Waals surface area contributed by atoms with Gasteiger partial charge in [0.2, 0.25) is 5.91 Å². The second-order valence-corrected chi connectivity index (χ2v) is 7.18. The topological polar surface area (TPSA) is 88.1 Å². The fourth-order valence-corrected chi connectivity index (χ4v) is 3.82. The van der Waals surface area contributed by atoms with Crippen molar-refractivity contribution in [1.82, 2.24) is 24.8 Å². The summed E-state index contributed by atoms with van der Waals surface area (Å²) in [6.07, 6.45) is 10.2. The molecule has 0 bridgehead atoms. The SMILES string of the molecule is C=CCN(C(=O)c1csnn1)C(C(=O)NC1CCCCC1)c1cccnc1. The molecule has 1 fully saturated rings. The molecule has 0 saturated heterocycles. The summed E-state index contributed by atoms with van der Waals surface area (Å²) in [5, 5.41) is 8.58. The van der Waals surface area contributed by atoms with E-state index in [4.69, 9.17) is 0 Å². The van der Waals surface area contributed by atoms with Crippen molar-refractivity contribution in [2.75, 3.05) is 6.54 Å². The molecule has 0 radical (unpaired) electrons. The summed E-state index contributed by atoms with van der Waals surface area (Å²) >= 11 is 1.10. The second kappa shape index (κ2) is 9.36. The van der Waals surface area contributed by atoms with Crippen LogP contribution in [0.1, 0.15) is 54.2 Å². The number of amides is 2. The normalized spacial score (nSPS) is 15.7. The van der Waals surface area contributed by atoms with Gasteiger partial charge >= 0.3 is 0 Å². The largest absolute Gasteiger partial charge is 0.351 e. The third kappa shape index (κ3) is 4.77. The minimum Gasteiger partial charge on any atom is -0.351 e. The van der Waals surface area contributed by atoms with Crippen molar-refractivity contribution in [3.8, 4) is 0 Å². The Morgan fingerprint density at radius 3 is 2.81 bits per heavy atom. The Bertz CT molecular complexity index is 760. The minimum absolute atomic E-state index is 0.145. The Morgan fingerprint density at radius 1 is 1.37 bits per heavy atom. The van der Waals surface area contributed by atoms with Crippen LogP contribution < -0.4 is 5.32 Å². The molecule has 1 unspecified atom stereocenters. The van der Waals surface area contributed by atoms with Gasteiger partial charge < -0.3 is 10.2 Å². The Balaban J connectivity index is 1.90. The summed E-state index contributed by atoms with van der Waals surface area (Å²) in [6.45, 7) is 3.96. The van der Waals surface area contributed by atoms with Crippen molar-refractivity contribution < 1.29 is 9.59 Å². The number of aromatic nitrogens is 3. The number of hydrogen-bond acceptors (Lipinski definition) is 6. The van der Waals surface area contributed by atoms with Crippen molar-refractivity contribution in [2.24, 2.45) is 0 Å². The molecular weight excluding hydrogens is 362 g/mol. The molecule has 27 heavy (non-hydrogen) atoms. The van der Waals surface area contributed by atoms with E-state index in [9.17, 15) is 9.59 Å². The van der Waals surface area contributed by atoms with Crippen LogP contribution in [0, 0.1) is 0 Å². The smallest absolute Gasteiger partial charge is 0.276 e. The van der Waals surface area contributed by atoms with Gasteiger partial charge in [0, 0.05) is 35.9 Å². The van der Waals surface area contributed by atoms with Crippen molar-refractivity contribution in [2.45, 2.75) is 44.2 Å². The fourth-order valence-electron chi connectivity index (χ4n) is 3.39. The molecule has 1 aliphatic rings. The lowest BCUT2D eigenvalue weighted by Gasteiger charge is -2.32. The highest BCUT2D eigenvalue weighted by Crippen LogP contribution is 2.25. The standard InChI is InChI=1S/C19H23N5O2S/c1-2-11-24(19(26)16-13-27-23-22-16)17(14-7-6-10-20-12-14)18(25)21-15-8-4-3-5-9-15/h2,6-7,10,12-13,15,17H,1,3-5,8-9,11H2,(H,21,25). The Morgan fingerprint density at radius 2 is 2.19 bits per heavy atom. The monoisotopic (exact) mass is 385 g/mol. The van der Waals surface area contributed by atoms with Crippen molar-refractivity contribution in [3.63, 3.8) is 0 Å². The van der Waals surface area contributed by atoms with E-state index in [1.807, 2.05) is 0 Å². The van der Waals surface area contributed by atoms with Gasteiger partial charge in [-0.2, -0.15) is 0 Å². The lowest BCUT2D eigenvalue weighted by Crippen LogP contribution is -2.47. The van der Waals surface area contributed by atoms with Gasteiger partial charge in [-0.05, 0) is 30.4 Å². The van der Waals surface area contributed by atoms with E-state index < -0.39 is 6.04 Å². The van der Waals surface area contributed by atoms with Crippen LogP contribution in [0.25, 0.3) is 0 Å². The maximum absolute atomic E-state index is 13.2. The summed E-state index contributed by atoms with van der Waals surface area (Å²) in [4.78, 5) is 31.8. The molecule has 0 aromatic carbocycles. The van der Waals surface area contributed by atoms with Gasteiger partial charge in [0.15, 0.2) is 5.69 Å². The number of carbonyl (C=O) groups is 2. The van der Waals surface area contributed by atoms with Crippen molar-refractivity contribution in [3.05, 3.63) is 53.8 Å². The molecule has 1 aliphatic carbocycles. The Hall–Kier alpha value is -2.61. The third-order valence-corrected chi connectivity index (χ3v) is 5.18. The van der Waals surface area contributed by atoms with Gasteiger partial charge in [0.1, 0.15) is 6.04 Å². The van der Waals surface area contributed by atoms with E-state index in [1.165, 1.54) is 11.3 Å². The van der Waals surface area contributed by atoms with Crippen LogP contribution >= 0.6 is 11.5 Å². The zero-order valence-electron chi connectivity index (χ0n) is 15.1. The van der Waals surface area contributed by atoms with Crippen LogP contribution in [0.2, 0.25) is 0 Å². The molecule has 142 valence electrons. The molecule has 1 saturated carbocycles. The van der Waals surface area contributed by atoms with Gasteiger partial charge in [-0.15, -0.1) is 11.7 Å². The zero-order valence-corrected chi connectivity index (χ0v) is 15.9. The molecule has 2 amide bonds. The molecule has 0 spiro atoms. The van der Waals surface area contributed by atoms with Crippen LogP contribution in [0.15, 0.2) is 42.6 Å². The van der Waals surface area contributed by atoms with Crippen LogP contribution in [-0.4, -0.2) is 43.9 Å². The first-order chi connectivity index (χ1) is 13.2. The van der Waals surface area contributed by atoms with Crippen LogP contribution in [-0.2, 0) is 4.79 Å². The summed E-state index contributed by atoms with van der Waals surface area (Å²) in [5.74, 6) is -0.551. The number of nitrogens with zero attached hydrogens (tertiary/aromatic N) is 4. The highest BCUT2D eigenvalue weighted by atomic mass is 32.1. The fraction of sp³-hybridized carbons (Fsp3) is 0.421. The number of rotatable bonds is 7. The molecule has 2 heterocycles. The predicted molar refractivity (Wildman–Crippen MR) is 103 cm³/mol. The number of pyridine rings is 1. The average molecular weight is 385 g/mol. The summed E-state index contributed by atoms with van der Waals surface area (Å²) in [5.41, 5.74) is 0.880. The highest BCUT2D eigenvalue weighted by molar-refractivity contribution is 7.03. The molecule has 2 aromatic heterocycles.